The molecule has 32 heavy (non-hydrogen) atoms. The van der Waals surface area contributed by atoms with E-state index in [-0.39, 0.29) is 0 Å². The van der Waals surface area contributed by atoms with Crippen LogP contribution in [0.3, 0.4) is 0 Å². The van der Waals surface area contributed by atoms with Crippen molar-refractivity contribution in [1.29, 1.82) is 0 Å². The van der Waals surface area contributed by atoms with Crippen molar-refractivity contribution in [3.63, 3.8) is 0 Å². The topological polar surface area (TPSA) is 46.5 Å². The molecule has 1 N–H and O–H groups in total. The van der Waals surface area contributed by atoms with Crippen molar-refractivity contribution >= 4 is 45.7 Å². The van der Waals surface area contributed by atoms with E-state index in [1.54, 1.807) is 6.92 Å². The van der Waals surface area contributed by atoms with Gasteiger partial charge in [-0.1, -0.05) is 48.9 Å². The molecule has 0 bridgehead atoms. The molecule has 0 amide bonds. The van der Waals surface area contributed by atoms with Crippen molar-refractivity contribution in [2.75, 3.05) is 6.61 Å². The molecule has 166 valence electrons. The Labute approximate surface area is 208 Å². The molecule has 1 unspecified atom stereocenters. The molecule has 0 aromatic heterocycles. The van der Waals surface area contributed by atoms with Gasteiger partial charge in [0, 0.05) is 8.59 Å². The first-order valence-electron chi connectivity index (χ1n) is 10.4. The summed E-state index contributed by atoms with van der Waals surface area (Å²) >= 11 is 8.37. The lowest BCUT2D eigenvalue weighted by Crippen LogP contribution is -2.32. The van der Waals surface area contributed by atoms with Gasteiger partial charge < -0.3 is 9.84 Å². The van der Waals surface area contributed by atoms with Crippen molar-refractivity contribution in [3.05, 3.63) is 104 Å². The molecule has 3 aromatic carbocycles. The summed E-state index contributed by atoms with van der Waals surface area (Å²) in [6, 6.07) is 21.7. The Balaban J connectivity index is 1.85. The van der Waals surface area contributed by atoms with Crippen LogP contribution in [-0.4, -0.2) is 17.7 Å². The second kappa shape index (κ2) is 10.5. The van der Waals surface area contributed by atoms with Crippen LogP contribution in [0.5, 0.6) is 5.75 Å². The van der Waals surface area contributed by atoms with E-state index in [1.807, 2.05) is 56.3 Å². The van der Waals surface area contributed by atoms with Crippen molar-refractivity contribution in [3.8, 4) is 5.75 Å². The third kappa shape index (κ3) is 5.54. The average Bonchev–Trinajstić information content (AvgIpc) is 2.78. The molecule has 3 rings (SSSR count). The largest absolute Gasteiger partial charge is 0.490 e. The number of hydrogen-bond acceptors (Lipinski definition) is 2. The fourth-order valence-electron chi connectivity index (χ4n) is 3.68. The Morgan fingerprint density at radius 1 is 1.06 bits per heavy atom. The van der Waals surface area contributed by atoms with Crippen molar-refractivity contribution < 1.29 is 14.6 Å². The molecule has 0 saturated heterocycles. The fourth-order valence-corrected chi connectivity index (χ4v) is 4.17. The molecular weight excluding hydrogens is 535 g/mol. The van der Waals surface area contributed by atoms with Crippen LogP contribution in [0.15, 0.2) is 72.8 Å². The number of carboxylic acids is 1. The summed E-state index contributed by atoms with van der Waals surface area (Å²) in [5.74, 6) is -0.103. The first-order chi connectivity index (χ1) is 15.2. The van der Waals surface area contributed by atoms with E-state index >= 15 is 0 Å². The predicted octanol–water partition coefficient (Wildman–Crippen LogP) is 7.52. The van der Waals surface area contributed by atoms with E-state index in [2.05, 4.69) is 52.9 Å². The molecule has 0 fully saturated rings. The van der Waals surface area contributed by atoms with Crippen LogP contribution < -0.4 is 4.74 Å². The van der Waals surface area contributed by atoms with Gasteiger partial charge in [-0.25, -0.2) is 0 Å². The van der Waals surface area contributed by atoms with E-state index in [4.69, 9.17) is 16.3 Å². The number of hydrogen-bond donors (Lipinski definition) is 1. The summed E-state index contributed by atoms with van der Waals surface area (Å²) < 4.78 is 7.19. The van der Waals surface area contributed by atoms with Gasteiger partial charge in [0.1, 0.15) is 12.4 Å². The molecule has 0 aliphatic rings. The van der Waals surface area contributed by atoms with Crippen LogP contribution in [0.1, 0.15) is 42.5 Å². The van der Waals surface area contributed by atoms with E-state index < -0.39 is 11.4 Å². The highest BCUT2D eigenvalue weighted by Gasteiger charge is 2.34. The van der Waals surface area contributed by atoms with Crippen molar-refractivity contribution in [2.45, 2.75) is 32.6 Å². The van der Waals surface area contributed by atoms with E-state index in [1.165, 1.54) is 3.57 Å². The molecule has 0 radical (unpaired) electrons. The Kier molecular flexibility index (Phi) is 8.01. The maximum atomic E-state index is 11.8. The van der Waals surface area contributed by atoms with Crippen LogP contribution in [0.2, 0.25) is 5.02 Å². The molecule has 3 aromatic rings. The Bertz CT molecular complexity index is 1070. The minimum atomic E-state index is -0.908. The predicted molar refractivity (Wildman–Crippen MR) is 140 cm³/mol. The summed E-state index contributed by atoms with van der Waals surface area (Å²) in [6.45, 7) is 5.97. The molecule has 0 aliphatic heterocycles. The van der Waals surface area contributed by atoms with Crippen LogP contribution in [0, 0.1) is 10.5 Å². The Morgan fingerprint density at radius 2 is 1.66 bits per heavy atom. The quantitative estimate of drug-likeness (QED) is 0.290. The Hall–Kier alpha value is -2.31. The van der Waals surface area contributed by atoms with Gasteiger partial charge in [-0.15, -0.1) is 0 Å². The zero-order valence-electron chi connectivity index (χ0n) is 18.4. The molecule has 3 nitrogen and oxygen atoms in total. The van der Waals surface area contributed by atoms with Gasteiger partial charge in [0.15, 0.2) is 0 Å². The molecule has 0 spiro atoms. The maximum absolute atomic E-state index is 11.8. The number of halogens is 2. The zero-order valence-corrected chi connectivity index (χ0v) is 21.3. The number of carbonyl (C=O) groups is 1. The summed E-state index contributed by atoms with van der Waals surface area (Å²) in [5, 5.41) is 10.4. The third-order valence-corrected chi connectivity index (χ3v) is 6.79. The van der Waals surface area contributed by atoms with Gasteiger partial charge in [-0.2, -0.15) is 0 Å². The van der Waals surface area contributed by atoms with E-state index in [0.717, 1.165) is 27.8 Å². The standard InChI is InChI=1S/C27H26ClIO3/c1-4-27(3,26(30)31)25-14-13-23(17-18(25)2)32-16-15-24(19-5-9-21(28)10-6-19)20-7-11-22(29)12-8-20/h5-15,17H,4,16H2,1-3H3,(H,30,31). The highest BCUT2D eigenvalue weighted by Crippen LogP contribution is 2.32. The van der Waals surface area contributed by atoms with E-state index in [9.17, 15) is 9.90 Å². The summed E-state index contributed by atoms with van der Waals surface area (Å²) in [6.07, 6.45) is 2.58. The molecule has 0 saturated carbocycles. The number of aryl methyl sites for hydroxylation is 1. The summed E-state index contributed by atoms with van der Waals surface area (Å²) in [7, 11) is 0. The lowest BCUT2D eigenvalue weighted by molar-refractivity contribution is -0.143. The maximum Gasteiger partial charge on any atom is 0.313 e. The highest BCUT2D eigenvalue weighted by molar-refractivity contribution is 14.1. The molecule has 0 aliphatic carbocycles. The minimum Gasteiger partial charge on any atom is -0.490 e. The molecule has 1 atom stereocenters. The van der Waals surface area contributed by atoms with Crippen LogP contribution in [-0.2, 0) is 10.2 Å². The normalized spacial score (nSPS) is 13.5. The highest BCUT2D eigenvalue weighted by atomic mass is 127. The van der Waals surface area contributed by atoms with Gasteiger partial charge in [0.25, 0.3) is 0 Å². The number of aliphatic carboxylic acids is 1. The smallest absolute Gasteiger partial charge is 0.313 e. The van der Waals surface area contributed by atoms with Gasteiger partial charge in [-0.05, 0) is 113 Å². The first-order valence-corrected chi connectivity index (χ1v) is 11.9. The first kappa shape index (κ1) is 24.3. The van der Waals surface area contributed by atoms with Gasteiger partial charge in [0.2, 0.25) is 0 Å². The fraction of sp³-hybridized carbons (Fsp3) is 0.222. The van der Waals surface area contributed by atoms with Crippen LogP contribution in [0.25, 0.3) is 5.57 Å². The number of ether oxygens (including phenoxy) is 1. The Morgan fingerprint density at radius 3 is 2.19 bits per heavy atom. The number of rotatable bonds is 8. The second-order valence-electron chi connectivity index (χ2n) is 7.91. The van der Waals surface area contributed by atoms with Gasteiger partial charge in [-0.3, -0.25) is 4.79 Å². The van der Waals surface area contributed by atoms with Crippen LogP contribution in [0.4, 0.5) is 0 Å². The van der Waals surface area contributed by atoms with Crippen LogP contribution >= 0.6 is 34.2 Å². The SMILES string of the molecule is CCC(C)(C(=O)O)c1ccc(OCC=C(c2ccc(Cl)cc2)c2ccc(I)cc2)cc1C. The minimum absolute atomic E-state index is 0.382. The second-order valence-corrected chi connectivity index (χ2v) is 9.59. The third-order valence-electron chi connectivity index (χ3n) is 5.82. The molecule has 5 heteroatoms. The summed E-state index contributed by atoms with van der Waals surface area (Å²) in [5.41, 5.74) is 4.05. The van der Waals surface area contributed by atoms with Gasteiger partial charge >= 0.3 is 5.97 Å². The number of benzene rings is 3. The van der Waals surface area contributed by atoms with Gasteiger partial charge in [0.05, 0.1) is 5.41 Å². The lowest BCUT2D eigenvalue weighted by Gasteiger charge is -2.25. The monoisotopic (exact) mass is 560 g/mol. The molecule has 0 heterocycles. The van der Waals surface area contributed by atoms with Crippen molar-refractivity contribution in [2.24, 2.45) is 0 Å². The number of carboxylic acid groups (broad SMARTS) is 1. The average molecular weight is 561 g/mol. The van der Waals surface area contributed by atoms with Crippen molar-refractivity contribution in [1.82, 2.24) is 0 Å². The summed E-state index contributed by atoms with van der Waals surface area (Å²) in [4.78, 5) is 11.8. The van der Waals surface area contributed by atoms with E-state index in [0.29, 0.717) is 23.8 Å². The lowest BCUT2D eigenvalue weighted by atomic mass is 9.78. The zero-order chi connectivity index (χ0) is 23.3. The molecular formula is C27H26ClIO3.